The van der Waals surface area contributed by atoms with Crippen LogP contribution in [0, 0.1) is 20.5 Å². The Morgan fingerprint density at radius 3 is 0.636 bits per heavy atom. The van der Waals surface area contributed by atoms with Crippen molar-refractivity contribution in [1.82, 2.24) is 0 Å². The number of hydrogen-bond acceptors (Lipinski definition) is 8. The van der Waals surface area contributed by atoms with E-state index in [0.717, 1.165) is 0 Å². The Balaban J connectivity index is -0.000000107. The Hall–Kier alpha value is 0.766. The van der Waals surface area contributed by atoms with Crippen molar-refractivity contribution in [2.45, 2.75) is 0 Å². The zero-order valence-corrected chi connectivity index (χ0v) is 6.99. The van der Waals surface area contributed by atoms with E-state index in [1.54, 1.807) is 0 Å². The first-order valence-corrected chi connectivity index (χ1v) is 3.79. The van der Waals surface area contributed by atoms with Crippen LogP contribution < -0.4 is 28.0 Å². The van der Waals surface area contributed by atoms with Gasteiger partial charge in [0.15, 0.2) is 0 Å². The average molecular weight is 260 g/mol. The van der Waals surface area contributed by atoms with E-state index >= 15 is 0 Å². The Labute approximate surface area is 75.0 Å². The summed E-state index contributed by atoms with van der Waals surface area (Å²) in [7, 11) is -9.39. The normalized spacial score (nSPS) is 10.9. The third kappa shape index (κ3) is 1410. The molecule has 0 aliphatic heterocycles. The topological polar surface area (TPSA) is 179 Å². The van der Waals surface area contributed by atoms with Crippen molar-refractivity contribution in [3.8, 4) is 0 Å². The van der Waals surface area contributed by atoms with Gasteiger partial charge in [0.2, 0.25) is 0 Å². The van der Waals surface area contributed by atoms with Crippen LogP contribution in [0.3, 0.4) is 0 Å². The second-order valence-corrected chi connectivity index (χ2v) is 2.38. The number of halogens is 2. The Kier molecular flexibility index (Phi) is 10.2. The predicted octanol–water partition coefficient (Wildman–Crippen LogP) is -8.25. The maximum Gasteiger partial charge on any atom is 0.0777 e. The summed E-state index contributed by atoms with van der Waals surface area (Å²) in [5.41, 5.74) is 0. The van der Waals surface area contributed by atoms with E-state index in [4.69, 9.17) is 37.3 Å². The summed E-state index contributed by atoms with van der Waals surface area (Å²) in [6.07, 6.45) is 0. The van der Waals surface area contributed by atoms with Crippen LogP contribution in [-0.4, -0.2) is 9.32 Å². The molecule has 0 heterocycles. The minimum absolute atomic E-state index is 0. The van der Waals surface area contributed by atoms with Crippen LogP contribution in [0.1, 0.15) is 0 Å². The maximum atomic E-state index is 8.60. The summed E-state index contributed by atoms with van der Waals surface area (Å²) < 4.78 is 65.4. The molecule has 11 heteroatoms. The summed E-state index contributed by atoms with van der Waals surface area (Å²) in [6.45, 7) is 0. The monoisotopic (exact) mass is 259 g/mol. The summed E-state index contributed by atoms with van der Waals surface area (Å²) in [6, 6.07) is 0. The van der Waals surface area contributed by atoms with Gasteiger partial charge in [0.05, 0.1) is 29.8 Å². The summed E-state index contributed by atoms with van der Waals surface area (Å²) >= 11 is 0. The molecule has 8 nitrogen and oxygen atoms in total. The van der Waals surface area contributed by atoms with Crippen LogP contribution in [0.2, 0.25) is 0 Å². The molecule has 73 valence electrons. The Morgan fingerprint density at radius 1 is 0.636 bits per heavy atom. The van der Waals surface area contributed by atoms with Crippen LogP contribution >= 0.6 is 0 Å². The molecule has 1 radical (unpaired) electrons. The molecule has 0 aliphatic rings. The molecule has 0 aromatic carbocycles. The van der Waals surface area contributed by atoms with E-state index in [0.29, 0.717) is 0 Å². The van der Waals surface area contributed by atoms with Crippen LogP contribution in [0.4, 0.5) is 0 Å². The van der Waals surface area contributed by atoms with Crippen molar-refractivity contribution in [1.29, 1.82) is 0 Å². The molecule has 0 rings (SSSR count). The first kappa shape index (κ1) is 17.7. The van der Waals surface area contributed by atoms with Gasteiger partial charge in [0, 0.05) is 16.8 Å². The van der Waals surface area contributed by atoms with Crippen molar-refractivity contribution in [2.24, 2.45) is 0 Å². The van der Waals surface area contributed by atoms with Crippen molar-refractivity contribution in [2.75, 3.05) is 0 Å². The Bertz CT molecular complexity index is 55.1. The van der Waals surface area contributed by atoms with E-state index in [9.17, 15) is 0 Å². The van der Waals surface area contributed by atoms with Gasteiger partial charge in [-0.2, -0.15) is 28.0 Å². The zero-order valence-electron chi connectivity index (χ0n) is 4.43. The van der Waals surface area contributed by atoms with E-state index in [2.05, 4.69) is 0 Å². The van der Waals surface area contributed by atoms with E-state index in [1.165, 1.54) is 0 Å². The van der Waals surface area contributed by atoms with Gasteiger partial charge >= 0.3 is 0 Å². The summed E-state index contributed by atoms with van der Waals surface area (Å²) in [5.74, 6) is 0. The van der Waals surface area contributed by atoms with Gasteiger partial charge in [-0.3, -0.25) is 0 Å². The standard InChI is InChI=1S/2ClHO4.Co/c2*2-1(3,4)5;/h2*(H,2,3,4,5);. The van der Waals surface area contributed by atoms with Crippen molar-refractivity contribution >= 4 is 0 Å². The average Bonchev–Trinajstić information content (AvgIpc) is 1.12. The molecule has 0 atom stereocenters. The third-order valence-corrected chi connectivity index (χ3v) is 0. The molecule has 0 spiro atoms. The van der Waals surface area contributed by atoms with Crippen LogP contribution in [0.25, 0.3) is 0 Å². The molecule has 0 saturated heterocycles. The molecule has 0 aromatic heterocycles. The van der Waals surface area contributed by atoms with Crippen molar-refractivity contribution in [3.05, 3.63) is 0 Å². The van der Waals surface area contributed by atoms with Gasteiger partial charge in [0.1, 0.15) is 0 Å². The van der Waals surface area contributed by atoms with Gasteiger partial charge in [-0.25, -0.2) is 0 Å². The molecule has 0 aliphatic carbocycles. The van der Waals surface area contributed by atoms with Crippen molar-refractivity contribution < 1.29 is 74.5 Å². The van der Waals surface area contributed by atoms with E-state index in [1.807, 2.05) is 0 Å². The molecule has 0 saturated carbocycles. The first-order valence-electron chi connectivity index (χ1n) is 1.26. The molecule has 2 N–H and O–H groups in total. The van der Waals surface area contributed by atoms with Gasteiger partial charge in [-0.1, -0.05) is 0 Å². The van der Waals surface area contributed by atoms with Crippen LogP contribution in [-0.2, 0) is 16.8 Å². The minimum Gasteiger partial charge on any atom is -0.183 e. The quantitative estimate of drug-likeness (QED) is 0.430. The van der Waals surface area contributed by atoms with Crippen LogP contribution in [0.5, 0.6) is 0 Å². The summed E-state index contributed by atoms with van der Waals surface area (Å²) in [5, 5.41) is 0. The first-order chi connectivity index (χ1) is 4.00. The molecule has 11 heavy (non-hydrogen) atoms. The SMILES string of the molecule is [Co].[O-][Cl+3]([O-])([O-])O.[O-][Cl+3]([O-])([O-])O. The largest absolute Gasteiger partial charge is 0.183 e. The predicted molar refractivity (Wildman–Crippen MR) is 4.44 cm³/mol. The fourth-order valence-electron chi connectivity index (χ4n) is 0. The van der Waals surface area contributed by atoms with Crippen molar-refractivity contribution in [3.63, 3.8) is 0 Å². The van der Waals surface area contributed by atoms with E-state index in [-0.39, 0.29) is 16.8 Å². The smallest absolute Gasteiger partial charge is 0.0777 e. The molecular weight excluding hydrogens is 258 g/mol. The van der Waals surface area contributed by atoms with Gasteiger partial charge in [-0.15, -0.1) is 0 Å². The maximum absolute atomic E-state index is 8.60. The molecule has 0 fully saturated rings. The van der Waals surface area contributed by atoms with Gasteiger partial charge in [-0.05, 0) is 0 Å². The second-order valence-electron chi connectivity index (χ2n) is 0.792. The fourth-order valence-corrected chi connectivity index (χ4v) is 0. The third-order valence-electron chi connectivity index (χ3n) is 0. The minimum atomic E-state index is -4.69. The van der Waals surface area contributed by atoms with Gasteiger partial charge in [0.25, 0.3) is 0 Å². The molecule has 0 amide bonds. The molecule has 0 bridgehead atoms. The second kappa shape index (κ2) is 6.30. The molecule has 0 unspecified atom stereocenters. The van der Waals surface area contributed by atoms with Crippen LogP contribution in [0.15, 0.2) is 0 Å². The zero-order chi connectivity index (χ0) is 9.00. The number of rotatable bonds is 0. The Morgan fingerprint density at radius 2 is 0.636 bits per heavy atom. The molecular formula is H2Cl2CoO8. The fraction of sp³-hybridized carbons (Fsp3) is 0. The van der Waals surface area contributed by atoms with Gasteiger partial charge < -0.3 is 0 Å². The summed E-state index contributed by atoms with van der Waals surface area (Å²) in [4.78, 5) is 0. The van der Waals surface area contributed by atoms with E-state index < -0.39 is 20.5 Å². The molecule has 0 aromatic rings. The number of hydrogen-bond donors (Lipinski definition) is 2.